The van der Waals surface area contributed by atoms with E-state index >= 15 is 0 Å². The van der Waals surface area contributed by atoms with E-state index in [-0.39, 0.29) is 0 Å². The van der Waals surface area contributed by atoms with Crippen LogP contribution >= 0.6 is 11.6 Å². The van der Waals surface area contributed by atoms with Crippen molar-refractivity contribution in [2.24, 2.45) is 0 Å². The van der Waals surface area contributed by atoms with Gasteiger partial charge in [-0.15, -0.1) is 0 Å². The van der Waals surface area contributed by atoms with Crippen molar-refractivity contribution >= 4 is 11.6 Å². The molecule has 0 aromatic carbocycles. The number of halogens is 1. The van der Waals surface area contributed by atoms with Crippen LogP contribution in [0.1, 0.15) is 0 Å². The Kier molecular flexibility index (Phi) is 1.37. The van der Waals surface area contributed by atoms with E-state index in [1.54, 1.807) is 0 Å². The summed E-state index contributed by atoms with van der Waals surface area (Å²) in [4.78, 5) is 0. The summed E-state index contributed by atoms with van der Waals surface area (Å²) in [6.07, 6.45) is 5.62. The Morgan fingerprint density at radius 3 is 2.86 bits per heavy atom. The number of hydrogen-bond donors (Lipinski definition) is 1. The van der Waals surface area contributed by atoms with Crippen molar-refractivity contribution in [3.8, 4) is 0 Å². The van der Waals surface area contributed by atoms with Crippen molar-refractivity contribution in [3.05, 3.63) is 23.4 Å². The third-order valence-electron chi connectivity index (χ3n) is 0.762. The van der Waals surface area contributed by atoms with Gasteiger partial charge in [-0.05, 0) is 18.4 Å². The van der Waals surface area contributed by atoms with Gasteiger partial charge in [0, 0.05) is 5.03 Å². The Morgan fingerprint density at radius 1 is 1.71 bits per heavy atom. The molecule has 2 heteroatoms. The molecule has 1 rings (SSSR count). The molecule has 0 spiro atoms. The van der Waals surface area contributed by atoms with Crippen LogP contribution in [0.25, 0.3) is 0 Å². The first-order valence-electron chi connectivity index (χ1n) is 2.14. The SMILES string of the molecule is ClC1=CC=CNC1. The standard InChI is InChI=1S/C5H6ClN/c6-5-2-1-3-7-4-5/h1-3,7H,4H2. The highest BCUT2D eigenvalue weighted by Gasteiger charge is 1.89. The zero-order valence-corrected chi connectivity index (χ0v) is 4.57. The fourth-order valence-electron chi connectivity index (χ4n) is 0.436. The van der Waals surface area contributed by atoms with Crippen LogP contribution < -0.4 is 5.32 Å². The van der Waals surface area contributed by atoms with E-state index in [4.69, 9.17) is 11.6 Å². The monoisotopic (exact) mass is 115 g/mol. The molecular weight excluding hydrogens is 110 g/mol. The van der Waals surface area contributed by atoms with Crippen molar-refractivity contribution in [3.63, 3.8) is 0 Å². The lowest BCUT2D eigenvalue weighted by atomic mass is 10.4. The summed E-state index contributed by atoms with van der Waals surface area (Å²) < 4.78 is 0. The van der Waals surface area contributed by atoms with Crippen molar-refractivity contribution in [1.82, 2.24) is 5.32 Å². The average molecular weight is 116 g/mol. The smallest absolute Gasteiger partial charge is 0.0502 e. The highest BCUT2D eigenvalue weighted by molar-refractivity contribution is 6.30. The fourth-order valence-corrected chi connectivity index (χ4v) is 0.586. The van der Waals surface area contributed by atoms with Gasteiger partial charge >= 0.3 is 0 Å². The molecule has 0 saturated heterocycles. The number of allylic oxidation sites excluding steroid dienone is 2. The van der Waals surface area contributed by atoms with E-state index in [9.17, 15) is 0 Å². The molecule has 1 heterocycles. The second-order valence-electron chi connectivity index (χ2n) is 1.35. The summed E-state index contributed by atoms with van der Waals surface area (Å²) in [7, 11) is 0. The molecule has 0 saturated carbocycles. The third kappa shape index (κ3) is 1.24. The molecular formula is C5H6ClN. The van der Waals surface area contributed by atoms with Gasteiger partial charge in [0.2, 0.25) is 0 Å². The van der Waals surface area contributed by atoms with E-state index < -0.39 is 0 Å². The summed E-state index contributed by atoms with van der Waals surface area (Å²) in [6.45, 7) is 0.776. The maximum Gasteiger partial charge on any atom is 0.0502 e. The van der Waals surface area contributed by atoms with Gasteiger partial charge in [-0.25, -0.2) is 0 Å². The first-order valence-corrected chi connectivity index (χ1v) is 2.52. The largest absolute Gasteiger partial charge is 0.386 e. The second-order valence-corrected chi connectivity index (χ2v) is 1.84. The molecule has 0 amide bonds. The fraction of sp³-hybridized carbons (Fsp3) is 0.200. The van der Waals surface area contributed by atoms with Crippen molar-refractivity contribution in [2.75, 3.05) is 6.54 Å². The molecule has 0 aliphatic carbocycles. The maximum atomic E-state index is 5.56. The lowest BCUT2D eigenvalue weighted by Crippen LogP contribution is -2.08. The van der Waals surface area contributed by atoms with Crippen molar-refractivity contribution in [1.29, 1.82) is 0 Å². The second kappa shape index (κ2) is 2.03. The van der Waals surface area contributed by atoms with Crippen LogP contribution in [-0.4, -0.2) is 6.54 Å². The molecule has 0 atom stereocenters. The first-order chi connectivity index (χ1) is 3.39. The summed E-state index contributed by atoms with van der Waals surface area (Å²) in [5.41, 5.74) is 0. The molecule has 1 N–H and O–H groups in total. The lowest BCUT2D eigenvalue weighted by molar-refractivity contribution is 0.959. The molecule has 0 aromatic heterocycles. The Balaban J connectivity index is 2.57. The molecule has 1 nitrogen and oxygen atoms in total. The third-order valence-corrected chi connectivity index (χ3v) is 1.02. The summed E-state index contributed by atoms with van der Waals surface area (Å²) in [6, 6.07) is 0. The topological polar surface area (TPSA) is 12.0 Å². The van der Waals surface area contributed by atoms with Gasteiger partial charge < -0.3 is 5.32 Å². The number of dihydropyridines is 1. The molecule has 1 aliphatic heterocycles. The predicted octanol–water partition coefficient (Wildman–Crippen LogP) is 1.23. The summed E-state index contributed by atoms with van der Waals surface area (Å²) in [5.74, 6) is 0. The normalized spacial score (nSPS) is 18.1. The maximum absolute atomic E-state index is 5.56. The lowest BCUT2D eigenvalue weighted by Gasteiger charge is -2.00. The van der Waals surface area contributed by atoms with Crippen molar-refractivity contribution < 1.29 is 0 Å². The Bertz CT molecular complexity index is 115. The predicted molar refractivity (Wildman–Crippen MR) is 31.1 cm³/mol. The molecule has 0 radical (unpaired) electrons. The first kappa shape index (κ1) is 4.72. The molecule has 0 bridgehead atoms. The van der Waals surface area contributed by atoms with E-state index in [1.165, 1.54) is 0 Å². The minimum atomic E-state index is 0.776. The van der Waals surface area contributed by atoms with Gasteiger partial charge in [0.1, 0.15) is 0 Å². The Morgan fingerprint density at radius 2 is 2.57 bits per heavy atom. The molecule has 7 heavy (non-hydrogen) atoms. The zero-order chi connectivity index (χ0) is 5.11. The van der Waals surface area contributed by atoms with Crippen LogP contribution in [0.2, 0.25) is 0 Å². The van der Waals surface area contributed by atoms with E-state index in [0.29, 0.717) is 0 Å². The van der Waals surface area contributed by atoms with Gasteiger partial charge in [0.05, 0.1) is 6.54 Å². The van der Waals surface area contributed by atoms with Gasteiger partial charge in [0.15, 0.2) is 0 Å². The number of nitrogens with one attached hydrogen (secondary N) is 1. The Labute approximate surface area is 47.7 Å². The van der Waals surface area contributed by atoms with Crippen LogP contribution in [0, 0.1) is 0 Å². The van der Waals surface area contributed by atoms with Crippen molar-refractivity contribution in [2.45, 2.75) is 0 Å². The summed E-state index contributed by atoms with van der Waals surface area (Å²) in [5, 5.41) is 3.82. The molecule has 38 valence electrons. The number of hydrogen-bond acceptors (Lipinski definition) is 1. The van der Waals surface area contributed by atoms with Crippen LogP contribution in [-0.2, 0) is 0 Å². The Hall–Kier alpha value is -0.430. The quantitative estimate of drug-likeness (QED) is 0.501. The molecule has 0 unspecified atom stereocenters. The highest BCUT2D eigenvalue weighted by atomic mass is 35.5. The average Bonchev–Trinajstić information content (AvgIpc) is 1.69. The van der Waals surface area contributed by atoms with Gasteiger partial charge in [-0.1, -0.05) is 11.6 Å². The van der Waals surface area contributed by atoms with Crippen LogP contribution in [0.5, 0.6) is 0 Å². The van der Waals surface area contributed by atoms with Gasteiger partial charge in [-0.2, -0.15) is 0 Å². The minimum Gasteiger partial charge on any atom is -0.386 e. The highest BCUT2D eigenvalue weighted by Crippen LogP contribution is 2.01. The summed E-state index contributed by atoms with van der Waals surface area (Å²) >= 11 is 5.56. The molecule has 0 fully saturated rings. The molecule has 0 aromatic rings. The van der Waals surface area contributed by atoms with Crippen LogP contribution in [0.15, 0.2) is 23.4 Å². The molecule has 1 aliphatic rings. The van der Waals surface area contributed by atoms with E-state index in [2.05, 4.69) is 5.32 Å². The number of rotatable bonds is 0. The van der Waals surface area contributed by atoms with E-state index in [1.807, 2.05) is 18.4 Å². The van der Waals surface area contributed by atoms with Crippen LogP contribution in [0.3, 0.4) is 0 Å². The van der Waals surface area contributed by atoms with Crippen LogP contribution in [0.4, 0.5) is 0 Å². The minimum absolute atomic E-state index is 0.776. The van der Waals surface area contributed by atoms with Gasteiger partial charge in [-0.3, -0.25) is 0 Å². The van der Waals surface area contributed by atoms with E-state index in [0.717, 1.165) is 11.6 Å². The van der Waals surface area contributed by atoms with Gasteiger partial charge in [0.25, 0.3) is 0 Å². The zero-order valence-electron chi connectivity index (χ0n) is 3.82.